The summed E-state index contributed by atoms with van der Waals surface area (Å²) in [5, 5.41) is 15.9. The first-order chi connectivity index (χ1) is 9.00. The van der Waals surface area contributed by atoms with Crippen molar-refractivity contribution in [3.05, 3.63) is 18.3 Å². The molecule has 1 N–H and O–H groups in total. The predicted molar refractivity (Wildman–Crippen MR) is 72.6 cm³/mol. The Labute approximate surface area is 111 Å². The number of rotatable bonds is 2. The van der Waals surface area contributed by atoms with Crippen molar-refractivity contribution < 1.29 is 5.21 Å². The fraction of sp³-hybridized carbons (Fsp3) is 0.500. The highest BCUT2D eigenvalue weighted by Gasteiger charge is 2.00. The fourth-order valence-electron chi connectivity index (χ4n) is 1.02. The molecule has 0 radical (unpaired) electrons. The molecule has 0 fully saturated rings. The Morgan fingerprint density at radius 2 is 1.84 bits per heavy atom. The molecule has 0 spiro atoms. The van der Waals surface area contributed by atoms with Gasteiger partial charge in [0.2, 0.25) is 5.65 Å². The van der Waals surface area contributed by atoms with Crippen LogP contribution in [0.1, 0.15) is 27.7 Å². The van der Waals surface area contributed by atoms with Gasteiger partial charge in [0.1, 0.15) is 5.52 Å². The van der Waals surface area contributed by atoms with Crippen molar-refractivity contribution in [2.45, 2.75) is 39.8 Å². The van der Waals surface area contributed by atoms with Gasteiger partial charge < -0.3 is 5.21 Å². The molecular formula is C12H18N6O. The van der Waals surface area contributed by atoms with Crippen LogP contribution in [0.15, 0.2) is 28.3 Å². The highest BCUT2D eigenvalue weighted by atomic mass is 16.5. The zero-order valence-corrected chi connectivity index (χ0v) is 11.5. The first-order valence-electron chi connectivity index (χ1n) is 6.01. The second-order valence-electron chi connectivity index (χ2n) is 4.37. The van der Waals surface area contributed by atoms with Crippen molar-refractivity contribution in [3.8, 4) is 0 Å². The standard InChI is InChI=1S/C7H14N2.C5H4N4O/c1-6(2)8-5-9-7(3)4;10-9-5-4(7-8-9)2-1-3-6-5/h6-7H,1-4H3;1-3,10H. The van der Waals surface area contributed by atoms with E-state index in [-0.39, 0.29) is 0 Å². The van der Waals surface area contributed by atoms with E-state index in [1.807, 2.05) is 27.7 Å². The lowest BCUT2D eigenvalue weighted by molar-refractivity contribution is 0.153. The van der Waals surface area contributed by atoms with Crippen molar-refractivity contribution in [2.75, 3.05) is 0 Å². The van der Waals surface area contributed by atoms with E-state index in [1.54, 1.807) is 18.3 Å². The molecule has 0 amide bonds. The molecule has 0 aliphatic rings. The fourth-order valence-corrected chi connectivity index (χ4v) is 1.02. The minimum atomic E-state index is 0.312. The van der Waals surface area contributed by atoms with Crippen LogP contribution in [0.2, 0.25) is 0 Å². The largest absolute Gasteiger partial charge is 0.409 e. The third kappa shape index (κ3) is 5.27. The van der Waals surface area contributed by atoms with Gasteiger partial charge in [-0.3, -0.25) is 0 Å². The molecule has 102 valence electrons. The number of nitrogens with zero attached hydrogens (tertiary/aromatic N) is 6. The molecule has 7 heteroatoms. The van der Waals surface area contributed by atoms with Gasteiger partial charge in [-0.2, -0.15) is 0 Å². The van der Waals surface area contributed by atoms with Crippen LogP contribution < -0.4 is 0 Å². The number of fused-ring (bicyclic) bond motifs is 1. The Morgan fingerprint density at radius 3 is 2.37 bits per heavy atom. The van der Waals surface area contributed by atoms with Crippen LogP contribution in [0.25, 0.3) is 11.2 Å². The summed E-state index contributed by atoms with van der Waals surface area (Å²) in [5.41, 5.74) is 0.965. The molecule has 0 aromatic carbocycles. The summed E-state index contributed by atoms with van der Waals surface area (Å²) < 4.78 is 0. The Hall–Kier alpha value is -2.27. The topological polar surface area (TPSA) is 88.5 Å². The van der Waals surface area contributed by atoms with E-state index in [2.05, 4.69) is 31.3 Å². The van der Waals surface area contributed by atoms with E-state index in [0.29, 0.717) is 28.1 Å². The van der Waals surface area contributed by atoms with Crippen LogP contribution in [0.3, 0.4) is 0 Å². The maximum absolute atomic E-state index is 8.89. The van der Waals surface area contributed by atoms with Crippen LogP contribution >= 0.6 is 0 Å². The van der Waals surface area contributed by atoms with Crippen molar-refractivity contribution in [2.24, 2.45) is 9.98 Å². The van der Waals surface area contributed by atoms with Gasteiger partial charge in [-0.15, -0.1) is 5.10 Å². The molecule has 0 aliphatic heterocycles. The van der Waals surface area contributed by atoms with E-state index in [1.165, 1.54) is 0 Å². The summed E-state index contributed by atoms with van der Waals surface area (Å²) >= 11 is 0. The lowest BCUT2D eigenvalue weighted by atomic mass is 10.4. The summed E-state index contributed by atoms with van der Waals surface area (Å²) in [5.74, 6) is 0. The van der Waals surface area contributed by atoms with Gasteiger partial charge in [0, 0.05) is 6.20 Å². The monoisotopic (exact) mass is 262 g/mol. The van der Waals surface area contributed by atoms with E-state index < -0.39 is 0 Å². The van der Waals surface area contributed by atoms with Gasteiger partial charge in [-0.1, -0.05) is 4.85 Å². The second-order valence-corrected chi connectivity index (χ2v) is 4.37. The highest BCUT2D eigenvalue weighted by molar-refractivity contribution is 5.68. The van der Waals surface area contributed by atoms with Crippen LogP contribution in [-0.2, 0) is 0 Å². The van der Waals surface area contributed by atoms with Crippen LogP contribution in [0, 0.1) is 0 Å². The molecule has 2 aromatic rings. The smallest absolute Gasteiger partial charge is 0.219 e. The first kappa shape index (κ1) is 14.8. The van der Waals surface area contributed by atoms with E-state index in [9.17, 15) is 0 Å². The number of aromatic nitrogens is 4. The van der Waals surface area contributed by atoms with Gasteiger partial charge in [-0.05, 0) is 45.0 Å². The zero-order chi connectivity index (χ0) is 14.3. The summed E-state index contributed by atoms with van der Waals surface area (Å²) in [6.45, 7) is 8.01. The zero-order valence-electron chi connectivity index (χ0n) is 11.5. The molecule has 0 bridgehead atoms. The molecule has 0 unspecified atom stereocenters. The third-order valence-electron chi connectivity index (χ3n) is 1.82. The Morgan fingerprint density at radius 1 is 1.21 bits per heavy atom. The number of hydrogen-bond donors (Lipinski definition) is 1. The molecular weight excluding hydrogens is 244 g/mol. The number of hydrogen-bond acceptors (Lipinski definition) is 6. The Bertz CT molecular complexity index is 556. The van der Waals surface area contributed by atoms with Gasteiger partial charge in [0.15, 0.2) is 0 Å². The number of pyridine rings is 1. The van der Waals surface area contributed by atoms with E-state index in [0.717, 1.165) is 0 Å². The average Bonchev–Trinajstić information content (AvgIpc) is 2.72. The van der Waals surface area contributed by atoms with Gasteiger partial charge >= 0.3 is 0 Å². The summed E-state index contributed by atoms with van der Waals surface area (Å²) in [6.07, 6.45) is 1.57. The highest BCUT2D eigenvalue weighted by Crippen LogP contribution is 2.02. The summed E-state index contributed by atoms with van der Waals surface area (Å²) in [4.78, 5) is 12.4. The minimum Gasteiger partial charge on any atom is -0.409 e. The molecule has 0 saturated carbocycles. The summed E-state index contributed by atoms with van der Waals surface area (Å²) in [6, 6.07) is 6.72. The number of aliphatic imine (C=N–C) groups is 2. The van der Waals surface area contributed by atoms with Gasteiger partial charge in [-0.25, -0.2) is 15.0 Å². The van der Waals surface area contributed by atoms with E-state index in [4.69, 9.17) is 5.21 Å². The van der Waals surface area contributed by atoms with Crippen LogP contribution in [0.5, 0.6) is 0 Å². The average molecular weight is 262 g/mol. The first-order valence-corrected chi connectivity index (χ1v) is 6.01. The summed E-state index contributed by atoms with van der Waals surface area (Å²) in [7, 11) is 0. The normalized spacial score (nSPS) is 10.0. The van der Waals surface area contributed by atoms with E-state index >= 15 is 0 Å². The van der Waals surface area contributed by atoms with Crippen molar-refractivity contribution >= 4 is 17.2 Å². The van der Waals surface area contributed by atoms with Crippen molar-refractivity contribution in [1.29, 1.82) is 0 Å². The van der Waals surface area contributed by atoms with Crippen molar-refractivity contribution in [3.63, 3.8) is 0 Å². The minimum absolute atomic E-state index is 0.312. The quantitative estimate of drug-likeness (QED) is 0.662. The molecule has 0 aliphatic carbocycles. The molecule has 0 saturated heterocycles. The lowest BCUT2D eigenvalue weighted by Crippen LogP contribution is -1.92. The van der Waals surface area contributed by atoms with Crippen LogP contribution in [-0.4, -0.2) is 43.4 Å². The predicted octanol–water partition coefficient (Wildman–Crippen LogP) is 2.04. The maximum atomic E-state index is 8.89. The molecule has 19 heavy (non-hydrogen) atoms. The maximum Gasteiger partial charge on any atom is 0.219 e. The molecule has 7 nitrogen and oxygen atoms in total. The van der Waals surface area contributed by atoms with Crippen LogP contribution in [0.4, 0.5) is 0 Å². The Balaban J connectivity index is 0.000000192. The van der Waals surface area contributed by atoms with Gasteiger partial charge in [0.05, 0.1) is 18.1 Å². The molecule has 0 atom stereocenters. The third-order valence-corrected chi connectivity index (χ3v) is 1.82. The Kier molecular flexibility index (Phi) is 5.63. The molecule has 2 aromatic heterocycles. The second kappa shape index (κ2) is 7.23. The lowest BCUT2D eigenvalue weighted by Gasteiger charge is -1.89. The van der Waals surface area contributed by atoms with Crippen molar-refractivity contribution in [1.82, 2.24) is 20.1 Å². The molecule has 2 heterocycles. The molecule has 2 rings (SSSR count). The SMILES string of the molecule is CC(C)N=C=NC(C)C.On1nnc2cccnc21. The van der Waals surface area contributed by atoms with Gasteiger partial charge in [0.25, 0.3) is 0 Å².